The molecule has 7 heteroatoms. The van der Waals surface area contributed by atoms with E-state index < -0.39 is 0 Å². The number of carbonyl (C=O) groups is 1. The van der Waals surface area contributed by atoms with Gasteiger partial charge in [-0.05, 0) is 79.6 Å². The van der Waals surface area contributed by atoms with Gasteiger partial charge in [0.1, 0.15) is 18.0 Å². The molecule has 180 valence electrons. The van der Waals surface area contributed by atoms with Gasteiger partial charge >= 0.3 is 0 Å². The van der Waals surface area contributed by atoms with Crippen molar-refractivity contribution in [2.45, 2.75) is 27.4 Å². The largest absolute Gasteiger partial charge is 0.494 e. The number of ether oxygens (including phenoxy) is 3. The summed E-state index contributed by atoms with van der Waals surface area (Å²) in [6.45, 7) is 6.92. The summed E-state index contributed by atoms with van der Waals surface area (Å²) in [6.07, 6.45) is 1.82. The Morgan fingerprint density at radius 2 is 1.74 bits per heavy atom. The van der Waals surface area contributed by atoms with Crippen LogP contribution in [0, 0.1) is 13.8 Å². The fraction of sp³-hybridized carbons (Fsp3) is 0.214. The molecule has 1 fully saturated rings. The van der Waals surface area contributed by atoms with Crippen LogP contribution in [-0.4, -0.2) is 24.8 Å². The number of carbonyl (C=O) groups excluding carboxylic acids is 1. The van der Waals surface area contributed by atoms with Crippen LogP contribution in [-0.2, 0) is 11.4 Å². The summed E-state index contributed by atoms with van der Waals surface area (Å²) >= 11 is 1.29. The van der Waals surface area contributed by atoms with Gasteiger partial charge in [0.15, 0.2) is 16.7 Å². The van der Waals surface area contributed by atoms with Gasteiger partial charge in [0.2, 0.25) is 0 Å². The number of nitrogens with zero attached hydrogens (tertiary/aromatic N) is 1. The fourth-order valence-corrected chi connectivity index (χ4v) is 4.43. The van der Waals surface area contributed by atoms with Crippen LogP contribution in [0.5, 0.6) is 17.2 Å². The third-order valence-electron chi connectivity index (χ3n) is 5.25. The molecule has 1 saturated heterocycles. The Labute approximate surface area is 210 Å². The van der Waals surface area contributed by atoms with Crippen molar-refractivity contribution in [3.63, 3.8) is 0 Å². The first-order chi connectivity index (χ1) is 16.9. The number of hydrogen-bond donors (Lipinski definition) is 1. The number of nitrogens with one attached hydrogen (secondary N) is 1. The minimum Gasteiger partial charge on any atom is -0.494 e. The predicted octanol–water partition coefficient (Wildman–Crippen LogP) is 6.18. The van der Waals surface area contributed by atoms with E-state index in [0.717, 1.165) is 16.7 Å². The average Bonchev–Trinajstić information content (AvgIpc) is 3.17. The highest BCUT2D eigenvalue weighted by Gasteiger charge is 2.24. The zero-order valence-corrected chi connectivity index (χ0v) is 21.1. The number of benzene rings is 3. The third-order valence-corrected chi connectivity index (χ3v) is 6.16. The average molecular weight is 489 g/mol. The van der Waals surface area contributed by atoms with Crippen molar-refractivity contribution in [1.82, 2.24) is 5.32 Å². The van der Waals surface area contributed by atoms with Crippen molar-refractivity contribution in [1.29, 1.82) is 0 Å². The molecule has 0 aliphatic carbocycles. The molecule has 6 nitrogen and oxygen atoms in total. The smallest absolute Gasteiger partial charge is 0.264 e. The molecule has 1 aliphatic rings. The van der Waals surface area contributed by atoms with E-state index in [1.807, 2.05) is 68.5 Å². The lowest BCUT2D eigenvalue weighted by Crippen LogP contribution is -2.19. The topological polar surface area (TPSA) is 69.2 Å². The van der Waals surface area contributed by atoms with Crippen molar-refractivity contribution < 1.29 is 19.0 Å². The molecule has 35 heavy (non-hydrogen) atoms. The molecule has 1 heterocycles. The van der Waals surface area contributed by atoms with Gasteiger partial charge in [0.25, 0.3) is 5.91 Å². The Balaban J connectivity index is 1.53. The Kier molecular flexibility index (Phi) is 7.77. The maximum atomic E-state index is 12.6. The number of methoxy groups -OCH3 is 1. The Bertz CT molecular complexity index is 1300. The second-order valence-corrected chi connectivity index (χ2v) is 9.10. The van der Waals surface area contributed by atoms with Gasteiger partial charge in [0, 0.05) is 0 Å². The van der Waals surface area contributed by atoms with Crippen LogP contribution in [0.2, 0.25) is 0 Å². The molecule has 0 atom stereocenters. The van der Waals surface area contributed by atoms with Crippen molar-refractivity contribution in [2.24, 2.45) is 4.99 Å². The summed E-state index contributed by atoms with van der Waals surface area (Å²) < 4.78 is 17.2. The monoisotopic (exact) mass is 488 g/mol. The predicted molar refractivity (Wildman–Crippen MR) is 142 cm³/mol. The lowest BCUT2D eigenvalue weighted by Gasteiger charge is -2.13. The summed E-state index contributed by atoms with van der Waals surface area (Å²) in [7, 11) is 1.60. The molecule has 4 rings (SSSR count). The van der Waals surface area contributed by atoms with E-state index in [2.05, 4.69) is 29.4 Å². The number of aryl methyl sites for hydroxylation is 2. The normalized spacial score (nSPS) is 15.4. The summed E-state index contributed by atoms with van der Waals surface area (Å²) in [4.78, 5) is 17.7. The zero-order chi connectivity index (χ0) is 24.8. The highest BCUT2D eigenvalue weighted by atomic mass is 32.2. The van der Waals surface area contributed by atoms with Gasteiger partial charge in [-0.15, -0.1) is 0 Å². The molecule has 0 aromatic heterocycles. The van der Waals surface area contributed by atoms with Crippen molar-refractivity contribution in [2.75, 3.05) is 13.7 Å². The molecule has 0 bridgehead atoms. The van der Waals surface area contributed by atoms with Crippen molar-refractivity contribution >= 4 is 34.6 Å². The van der Waals surface area contributed by atoms with Crippen molar-refractivity contribution in [3.05, 3.63) is 87.8 Å². The molecule has 0 spiro atoms. The van der Waals surface area contributed by atoms with Gasteiger partial charge in [0.05, 0.1) is 18.6 Å². The van der Waals surface area contributed by atoms with Gasteiger partial charge in [-0.2, -0.15) is 0 Å². The minimum absolute atomic E-state index is 0.196. The van der Waals surface area contributed by atoms with Crippen LogP contribution in [0.4, 0.5) is 5.69 Å². The van der Waals surface area contributed by atoms with Crippen molar-refractivity contribution in [3.8, 4) is 17.2 Å². The maximum Gasteiger partial charge on any atom is 0.264 e. The van der Waals surface area contributed by atoms with Crippen LogP contribution in [0.15, 0.2) is 70.6 Å². The lowest BCUT2D eigenvalue weighted by molar-refractivity contribution is -0.115. The van der Waals surface area contributed by atoms with Gasteiger partial charge in [-0.1, -0.05) is 42.0 Å². The molecule has 3 aromatic carbocycles. The molecule has 3 aromatic rings. The summed E-state index contributed by atoms with van der Waals surface area (Å²) in [6, 6.07) is 19.6. The van der Waals surface area contributed by atoms with E-state index in [4.69, 9.17) is 14.2 Å². The van der Waals surface area contributed by atoms with Gasteiger partial charge in [-0.3, -0.25) is 4.79 Å². The first kappa shape index (κ1) is 24.4. The first-order valence-corrected chi connectivity index (χ1v) is 12.2. The number of amidine groups is 1. The van der Waals surface area contributed by atoms with E-state index in [1.165, 1.54) is 17.3 Å². The number of rotatable bonds is 8. The van der Waals surface area contributed by atoms with Gasteiger partial charge < -0.3 is 19.5 Å². The van der Waals surface area contributed by atoms with Crippen LogP contribution >= 0.6 is 11.8 Å². The Morgan fingerprint density at radius 1 is 0.943 bits per heavy atom. The quantitative estimate of drug-likeness (QED) is 0.383. The van der Waals surface area contributed by atoms with E-state index in [0.29, 0.717) is 46.2 Å². The molecule has 1 amide bonds. The molecule has 0 unspecified atom stereocenters. The highest BCUT2D eigenvalue weighted by molar-refractivity contribution is 8.18. The van der Waals surface area contributed by atoms with Gasteiger partial charge in [-0.25, -0.2) is 4.99 Å². The lowest BCUT2D eigenvalue weighted by atomic mass is 10.1. The van der Waals surface area contributed by atoms with Crippen LogP contribution < -0.4 is 19.5 Å². The Morgan fingerprint density at radius 3 is 2.51 bits per heavy atom. The molecule has 0 radical (unpaired) electrons. The highest BCUT2D eigenvalue weighted by Crippen LogP contribution is 2.34. The Hall–Kier alpha value is -3.71. The van der Waals surface area contributed by atoms with E-state index in [-0.39, 0.29) is 5.91 Å². The van der Waals surface area contributed by atoms with Crippen LogP contribution in [0.1, 0.15) is 29.2 Å². The fourth-order valence-electron chi connectivity index (χ4n) is 3.59. The number of amides is 1. The number of thioether (sulfide) groups is 1. The summed E-state index contributed by atoms with van der Waals surface area (Å²) in [5.41, 5.74) is 4.85. The number of hydrogen-bond acceptors (Lipinski definition) is 6. The number of aliphatic imine (C=N–C) groups is 1. The SMILES string of the molecule is CCOc1cc(/C=C2\SC(=Nc3cc(C)ccc3OC)NC2=O)ccc1OCc1cccc(C)c1. The van der Waals surface area contributed by atoms with E-state index in [9.17, 15) is 4.79 Å². The zero-order valence-electron chi connectivity index (χ0n) is 20.3. The first-order valence-electron chi connectivity index (χ1n) is 11.3. The minimum atomic E-state index is -0.196. The second kappa shape index (κ2) is 11.1. The maximum absolute atomic E-state index is 12.6. The third kappa shape index (κ3) is 6.25. The van der Waals surface area contributed by atoms with E-state index >= 15 is 0 Å². The second-order valence-electron chi connectivity index (χ2n) is 8.07. The summed E-state index contributed by atoms with van der Waals surface area (Å²) in [5.74, 6) is 1.75. The molecular formula is C28H28N2O4S. The van der Waals surface area contributed by atoms with E-state index in [1.54, 1.807) is 7.11 Å². The molecule has 1 aliphatic heterocycles. The molecule has 0 saturated carbocycles. The molecule has 1 N–H and O–H groups in total. The van der Waals surface area contributed by atoms with Crippen LogP contribution in [0.3, 0.4) is 0 Å². The summed E-state index contributed by atoms with van der Waals surface area (Å²) in [5, 5.41) is 3.34. The van der Waals surface area contributed by atoms with Crippen LogP contribution in [0.25, 0.3) is 6.08 Å². The standard InChI is InChI=1S/C28H28N2O4S/c1-5-33-25-15-20(10-12-24(25)34-17-21-8-6-7-18(2)13-21)16-26-27(31)30-28(35-26)29-22-14-19(3)9-11-23(22)32-4/h6-16H,5,17H2,1-4H3,(H,29,30,31)/b26-16-. The molecular weight excluding hydrogens is 460 g/mol.